The van der Waals surface area contributed by atoms with Crippen molar-refractivity contribution in [3.05, 3.63) is 30.2 Å². The first kappa shape index (κ1) is 19.4. The molecule has 0 aromatic carbocycles. The van der Waals surface area contributed by atoms with Crippen LogP contribution in [0.4, 0.5) is 0 Å². The van der Waals surface area contributed by atoms with Crippen LogP contribution in [0.3, 0.4) is 0 Å². The summed E-state index contributed by atoms with van der Waals surface area (Å²) < 4.78 is 1.92. The van der Waals surface area contributed by atoms with E-state index in [1.54, 1.807) is 7.05 Å². The summed E-state index contributed by atoms with van der Waals surface area (Å²) in [5.74, 6) is 1.48. The maximum Gasteiger partial charge on any atom is 0.241 e. The minimum absolute atomic E-state index is 0. The van der Waals surface area contributed by atoms with Gasteiger partial charge < -0.3 is 15.5 Å². The number of carbonyl (C=O) groups is 1. The fraction of sp³-hybridized carbons (Fsp3) is 0.500. The van der Waals surface area contributed by atoms with Crippen LogP contribution in [0, 0.1) is 0 Å². The average molecular weight is 457 g/mol. The molecule has 0 unspecified atom stereocenters. The van der Waals surface area contributed by atoms with Crippen LogP contribution in [0.2, 0.25) is 0 Å². The van der Waals surface area contributed by atoms with Gasteiger partial charge in [0, 0.05) is 26.3 Å². The number of hydrogen-bond acceptors (Lipinski definition) is 4. The molecule has 2 N–H and O–H groups in total. The van der Waals surface area contributed by atoms with E-state index >= 15 is 0 Å². The Morgan fingerprint density at radius 2 is 2.00 bits per heavy atom. The van der Waals surface area contributed by atoms with Crippen molar-refractivity contribution in [2.75, 3.05) is 26.7 Å². The molecule has 0 aliphatic carbocycles. The lowest BCUT2D eigenvalue weighted by Gasteiger charge is -2.27. The second kappa shape index (κ2) is 9.54. The summed E-state index contributed by atoms with van der Waals surface area (Å²) in [6.45, 7) is 2.44. The van der Waals surface area contributed by atoms with Gasteiger partial charge in [-0.3, -0.25) is 14.2 Å². The molecular formula is C16H24IN7O. The quantitative estimate of drug-likeness (QED) is 0.407. The number of nitrogens with one attached hydrogen (secondary N) is 2. The molecule has 1 fully saturated rings. The van der Waals surface area contributed by atoms with Gasteiger partial charge in [-0.25, -0.2) is 0 Å². The van der Waals surface area contributed by atoms with Gasteiger partial charge >= 0.3 is 0 Å². The average Bonchev–Trinajstić information content (AvgIpc) is 3.05. The number of likely N-dealkylation sites (tertiary alicyclic amines) is 1. The Hall–Kier alpha value is -1.91. The number of amides is 1. The molecular weight excluding hydrogens is 433 g/mol. The highest BCUT2D eigenvalue weighted by molar-refractivity contribution is 14.0. The lowest BCUT2D eigenvalue weighted by molar-refractivity contribution is -0.130. The van der Waals surface area contributed by atoms with Crippen molar-refractivity contribution in [1.29, 1.82) is 0 Å². The molecule has 1 aliphatic heterocycles. The van der Waals surface area contributed by atoms with E-state index in [1.807, 2.05) is 33.7 Å². The summed E-state index contributed by atoms with van der Waals surface area (Å²) in [5, 5.41) is 14.5. The molecule has 1 aliphatic rings. The van der Waals surface area contributed by atoms with Crippen molar-refractivity contribution < 1.29 is 4.79 Å². The molecule has 3 heterocycles. The van der Waals surface area contributed by atoms with Crippen molar-refractivity contribution >= 4 is 41.5 Å². The Bertz CT molecular complexity index is 724. The van der Waals surface area contributed by atoms with Crippen LogP contribution in [-0.2, 0) is 11.3 Å². The third kappa shape index (κ3) is 5.03. The van der Waals surface area contributed by atoms with Gasteiger partial charge in [0.1, 0.15) is 0 Å². The van der Waals surface area contributed by atoms with Crippen LogP contribution >= 0.6 is 24.0 Å². The second-order valence-electron chi connectivity index (χ2n) is 5.77. The summed E-state index contributed by atoms with van der Waals surface area (Å²) in [5.41, 5.74) is 0.803. The Balaban J connectivity index is 0.00000225. The Morgan fingerprint density at radius 3 is 2.76 bits per heavy atom. The lowest BCUT2D eigenvalue weighted by atomic mass is 10.1. The van der Waals surface area contributed by atoms with Crippen LogP contribution in [0.15, 0.2) is 29.4 Å². The molecule has 1 saturated heterocycles. The van der Waals surface area contributed by atoms with E-state index < -0.39 is 0 Å². The molecule has 8 nitrogen and oxygen atoms in total. The third-order valence-corrected chi connectivity index (χ3v) is 4.14. The molecule has 2 aromatic rings. The summed E-state index contributed by atoms with van der Waals surface area (Å²) >= 11 is 0. The predicted molar refractivity (Wildman–Crippen MR) is 107 cm³/mol. The highest BCUT2D eigenvalue weighted by atomic mass is 127. The molecule has 9 heteroatoms. The molecule has 0 bridgehead atoms. The lowest BCUT2D eigenvalue weighted by Crippen LogP contribution is -2.45. The standard InChI is InChI=1S/C16H23N7O.HI/c1-17-16(19-12-15(24)22-8-4-2-5-9-22)18-11-14-21-20-13-7-3-6-10-23(13)14;/h3,6-7,10H,2,4-5,8-9,11-12H2,1H3,(H2,17,18,19);1H. The molecule has 2 aromatic heterocycles. The summed E-state index contributed by atoms with van der Waals surface area (Å²) in [4.78, 5) is 18.2. The Morgan fingerprint density at radius 1 is 1.20 bits per heavy atom. The topological polar surface area (TPSA) is 86.9 Å². The largest absolute Gasteiger partial charge is 0.349 e. The molecule has 3 rings (SSSR count). The fourth-order valence-corrected chi connectivity index (χ4v) is 2.81. The number of pyridine rings is 1. The predicted octanol–water partition coefficient (Wildman–Crippen LogP) is 1.02. The number of halogens is 1. The van der Waals surface area contributed by atoms with E-state index in [0.717, 1.165) is 37.4 Å². The molecule has 1 amide bonds. The van der Waals surface area contributed by atoms with Crippen molar-refractivity contribution in [1.82, 2.24) is 30.1 Å². The highest BCUT2D eigenvalue weighted by Gasteiger charge is 2.16. The van der Waals surface area contributed by atoms with Crippen LogP contribution in [0.25, 0.3) is 5.65 Å². The molecule has 0 saturated carbocycles. The molecule has 0 atom stereocenters. The first-order valence-corrected chi connectivity index (χ1v) is 8.29. The van der Waals surface area contributed by atoms with Gasteiger partial charge in [-0.2, -0.15) is 0 Å². The third-order valence-electron chi connectivity index (χ3n) is 4.14. The van der Waals surface area contributed by atoms with Crippen LogP contribution in [0.5, 0.6) is 0 Å². The number of aliphatic imine (C=N–C) groups is 1. The zero-order chi connectivity index (χ0) is 16.8. The van der Waals surface area contributed by atoms with Crippen LogP contribution in [-0.4, -0.2) is 58.0 Å². The zero-order valence-electron chi connectivity index (χ0n) is 14.3. The highest BCUT2D eigenvalue weighted by Crippen LogP contribution is 2.08. The molecule has 0 spiro atoms. The van der Waals surface area contributed by atoms with Crippen molar-refractivity contribution in [2.24, 2.45) is 4.99 Å². The second-order valence-corrected chi connectivity index (χ2v) is 5.77. The number of rotatable bonds is 4. The van der Waals surface area contributed by atoms with E-state index in [4.69, 9.17) is 0 Å². The Labute approximate surface area is 164 Å². The van der Waals surface area contributed by atoms with E-state index in [-0.39, 0.29) is 36.4 Å². The smallest absolute Gasteiger partial charge is 0.241 e. The van der Waals surface area contributed by atoms with Gasteiger partial charge in [0.15, 0.2) is 17.4 Å². The minimum atomic E-state index is 0. The summed E-state index contributed by atoms with van der Waals surface area (Å²) in [6.07, 6.45) is 5.33. The first-order valence-electron chi connectivity index (χ1n) is 8.29. The number of carbonyl (C=O) groups excluding carboxylic acids is 1. The zero-order valence-corrected chi connectivity index (χ0v) is 16.6. The summed E-state index contributed by atoms with van der Waals surface area (Å²) in [7, 11) is 1.68. The SMILES string of the molecule is CN=C(NCC(=O)N1CCCCC1)NCc1nnc2ccccn12.I. The van der Waals surface area contributed by atoms with Crippen LogP contribution < -0.4 is 10.6 Å². The van der Waals surface area contributed by atoms with E-state index in [0.29, 0.717) is 12.5 Å². The summed E-state index contributed by atoms with van der Waals surface area (Å²) in [6, 6.07) is 5.76. The van der Waals surface area contributed by atoms with Crippen molar-refractivity contribution in [3.63, 3.8) is 0 Å². The van der Waals surface area contributed by atoms with Crippen LogP contribution in [0.1, 0.15) is 25.1 Å². The van der Waals surface area contributed by atoms with E-state index in [2.05, 4.69) is 25.8 Å². The van der Waals surface area contributed by atoms with Gasteiger partial charge in [-0.15, -0.1) is 34.2 Å². The molecule has 25 heavy (non-hydrogen) atoms. The van der Waals surface area contributed by atoms with Gasteiger partial charge in [-0.05, 0) is 31.4 Å². The monoisotopic (exact) mass is 457 g/mol. The fourth-order valence-electron chi connectivity index (χ4n) is 2.81. The number of piperidine rings is 1. The number of guanidine groups is 1. The molecule has 136 valence electrons. The van der Waals surface area contributed by atoms with Gasteiger partial charge in [0.2, 0.25) is 5.91 Å². The number of hydrogen-bond donors (Lipinski definition) is 2. The van der Waals surface area contributed by atoms with Crippen molar-refractivity contribution in [3.8, 4) is 0 Å². The van der Waals surface area contributed by atoms with Gasteiger partial charge in [-0.1, -0.05) is 6.07 Å². The minimum Gasteiger partial charge on any atom is -0.349 e. The Kier molecular flexibility index (Phi) is 7.41. The van der Waals surface area contributed by atoms with Gasteiger partial charge in [0.05, 0.1) is 13.1 Å². The number of fused-ring (bicyclic) bond motifs is 1. The maximum absolute atomic E-state index is 12.2. The van der Waals surface area contributed by atoms with Crippen molar-refractivity contribution in [2.45, 2.75) is 25.8 Å². The normalized spacial score (nSPS) is 14.9. The first-order chi connectivity index (χ1) is 11.8. The number of nitrogens with zero attached hydrogens (tertiary/aromatic N) is 5. The van der Waals surface area contributed by atoms with E-state index in [9.17, 15) is 4.79 Å². The molecule has 0 radical (unpaired) electrons. The number of aromatic nitrogens is 3. The van der Waals surface area contributed by atoms with E-state index in [1.165, 1.54) is 6.42 Å². The van der Waals surface area contributed by atoms with Gasteiger partial charge in [0.25, 0.3) is 0 Å². The maximum atomic E-state index is 12.2.